The van der Waals surface area contributed by atoms with Crippen molar-refractivity contribution in [2.24, 2.45) is 5.92 Å². The lowest BCUT2D eigenvalue weighted by molar-refractivity contribution is 0.0702. The molecule has 0 spiro atoms. The lowest BCUT2D eigenvalue weighted by Gasteiger charge is -2.31. The van der Waals surface area contributed by atoms with E-state index in [2.05, 4.69) is 11.8 Å². The van der Waals surface area contributed by atoms with Crippen LogP contribution in [0.5, 0.6) is 0 Å². The van der Waals surface area contributed by atoms with Crippen LogP contribution in [-0.4, -0.2) is 29.9 Å². The monoisotopic (exact) mass is 363 g/mol. The quantitative estimate of drug-likeness (QED) is 0.808. The Morgan fingerprint density at radius 1 is 1.21 bits per heavy atom. The average molecular weight is 364 g/mol. The van der Waals surface area contributed by atoms with Gasteiger partial charge in [0.2, 0.25) is 0 Å². The summed E-state index contributed by atoms with van der Waals surface area (Å²) >= 11 is 7.06. The van der Waals surface area contributed by atoms with Crippen molar-refractivity contribution in [2.75, 3.05) is 18.0 Å². The number of thiophene rings is 1. The molecule has 4 nitrogen and oxygen atoms in total. The minimum absolute atomic E-state index is 0.163. The summed E-state index contributed by atoms with van der Waals surface area (Å²) in [6.45, 7) is 3.91. The van der Waals surface area contributed by atoms with E-state index in [-0.39, 0.29) is 10.7 Å². The fourth-order valence-electron chi connectivity index (χ4n) is 2.85. The minimum atomic E-state index is -0.998. The molecule has 0 amide bonds. The highest BCUT2D eigenvalue weighted by molar-refractivity contribution is 7.18. The maximum Gasteiger partial charge on any atom is 0.345 e. The van der Waals surface area contributed by atoms with Crippen molar-refractivity contribution >= 4 is 39.7 Å². The number of benzene rings is 1. The van der Waals surface area contributed by atoms with Crippen molar-refractivity contribution in [1.82, 2.24) is 0 Å². The van der Waals surface area contributed by atoms with Crippen LogP contribution in [0, 0.1) is 5.92 Å². The van der Waals surface area contributed by atoms with E-state index in [1.165, 1.54) is 17.4 Å². The highest BCUT2D eigenvalue weighted by atomic mass is 35.5. The van der Waals surface area contributed by atoms with E-state index in [0.29, 0.717) is 22.1 Å². The molecule has 1 aliphatic heterocycles. The second-order valence-electron chi connectivity index (χ2n) is 6.14. The van der Waals surface area contributed by atoms with Gasteiger partial charge >= 0.3 is 5.97 Å². The third-order valence-corrected chi connectivity index (χ3v) is 5.78. The molecule has 0 bridgehead atoms. The number of nitrogens with zero attached hydrogens (tertiary/aromatic N) is 1. The molecule has 126 valence electrons. The predicted molar refractivity (Wildman–Crippen MR) is 96.8 cm³/mol. The molecule has 1 saturated heterocycles. The Morgan fingerprint density at radius 2 is 1.83 bits per heavy atom. The van der Waals surface area contributed by atoms with Crippen molar-refractivity contribution in [2.45, 2.75) is 19.8 Å². The van der Waals surface area contributed by atoms with Crippen molar-refractivity contribution in [3.05, 3.63) is 51.4 Å². The highest BCUT2D eigenvalue weighted by Crippen LogP contribution is 2.36. The largest absolute Gasteiger partial charge is 0.477 e. The Bertz CT molecular complexity index is 761. The van der Waals surface area contributed by atoms with E-state index in [1.54, 1.807) is 24.3 Å². The molecule has 24 heavy (non-hydrogen) atoms. The number of hydrogen-bond acceptors (Lipinski definition) is 4. The van der Waals surface area contributed by atoms with Crippen molar-refractivity contribution in [3.63, 3.8) is 0 Å². The van der Waals surface area contributed by atoms with Gasteiger partial charge in [-0.3, -0.25) is 4.79 Å². The molecule has 1 N–H and O–H groups in total. The Labute approximate surface area is 149 Å². The van der Waals surface area contributed by atoms with Gasteiger partial charge in [0.1, 0.15) is 9.88 Å². The molecule has 1 aromatic heterocycles. The van der Waals surface area contributed by atoms with Crippen LogP contribution in [0.2, 0.25) is 5.02 Å². The number of anilines is 1. The van der Waals surface area contributed by atoms with Gasteiger partial charge in [0.15, 0.2) is 5.78 Å². The normalized spacial score (nSPS) is 15.5. The van der Waals surface area contributed by atoms with E-state index in [1.807, 2.05) is 0 Å². The van der Waals surface area contributed by atoms with Gasteiger partial charge in [-0.1, -0.05) is 18.5 Å². The second-order valence-corrected chi connectivity index (χ2v) is 7.61. The molecule has 0 saturated carbocycles. The van der Waals surface area contributed by atoms with Gasteiger partial charge < -0.3 is 10.0 Å². The zero-order valence-electron chi connectivity index (χ0n) is 13.3. The Morgan fingerprint density at radius 3 is 2.42 bits per heavy atom. The first-order chi connectivity index (χ1) is 11.5. The van der Waals surface area contributed by atoms with Crippen LogP contribution >= 0.6 is 22.9 Å². The summed E-state index contributed by atoms with van der Waals surface area (Å²) in [5.74, 6) is -0.499. The molecule has 1 fully saturated rings. The van der Waals surface area contributed by atoms with Gasteiger partial charge in [-0.05, 0) is 49.1 Å². The highest BCUT2D eigenvalue weighted by Gasteiger charge is 2.26. The molecular formula is C18H18ClNO3S. The molecule has 1 aromatic carbocycles. The van der Waals surface area contributed by atoms with Crippen LogP contribution in [0.3, 0.4) is 0 Å². The molecule has 2 aromatic rings. The summed E-state index contributed by atoms with van der Waals surface area (Å²) in [4.78, 5) is 26.6. The average Bonchev–Trinajstić information content (AvgIpc) is 3.01. The number of carboxylic acids is 1. The summed E-state index contributed by atoms with van der Waals surface area (Å²) in [6.07, 6.45) is 2.10. The summed E-state index contributed by atoms with van der Waals surface area (Å²) in [6, 6.07) is 8.18. The fraction of sp³-hybridized carbons (Fsp3) is 0.333. The molecule has 3 rings (SSSR count). The minimum Gasteiger partial charge on any atom is -0.477 e. The first-order valence-corrected chi connectivity index (χ1v) is 9.07. The molecular weight excluding hydrogens is 346 g/mol. The Kier molecular flexibility index (Phi) is 4.92. The summed E-state index contributed by atoms with van der Waals surface area (Å²) in [5, 5.41) is 10.6. The zero-order valence-corrected chi connectivity index (χ0v) is 14.9. The fourth-order valence-corrected chi connectivity index (χ4v) is 4.02. The molecule has 1 aliphatic rings. The number of carbonyl (C=O) groups is 2. The first kappa shape index (κ1) is 17.0. The van der Waals surface area contributed by atoms with Crippen LogP contribution < -0.4 is 4.90 Å². The van der Waals surface area contributed by atoms with Gasteiger partial charge in [0.25, 0.3) is 0 Å². The van der Waals surface area contributed by atoms with Crippen molar-refractivity contribution < 1.29 is 14.7 Å². The topological polar surface area (TPSA) is 57.6 Å². The van der Waals surface area contributed by atoms with Crippen LogP contribution in [0.4, 0.5) is 5.00 Å². The number of halogens is 1. The third-order valence-electron chi connectivity index (χ3n) is 4.35. The molecule has 0 radical (unpaired) electrons. The summed E-state index contributed by atoms with van der Waals surface area (Å²) in [5.41, 5.74) is 0.982. The summed E-state index contributed by atoms with van der Waals surface area (Å²) in [7, 11) is 0. The number of hydrogen-bond donors (Lipinski definition) is 1. The molecule has 0 aliphatic carbocycles. The summed E-state index contributed by atoms with van der Waals surface area (Å²) < 4.78 is 0. The number of ketones is 1. The Hall–Kier alpha value is -1.85. The van der Waals surface area contributed by atoms with Crippen molar-refractivity contribution in [3.8, 4) is 0 Å². The number of aromatic carboxylic acids is 1. The number of carbonyl (C=O) groups excluding carboxylic acids is 1. The SMILES string of the molecule is CC1CCN(c2sc(C(=O)O)cc2C(=O)c2ccc(Cl)cc2)CC1. The lowest BCUT2D eigenvalue weighted by Crippen LogP contribution is -2.33. The van der Waals surface area contributed by atoms with E-state index in [4.69, 9.17) is 11.6 Å². The lowest BCUT2D eigenvalue weighted by atomic mass is 9.98. The van der Waals surface area contributed by atoms with Crippen LogP contribution in [0.15, 0.2) is 30.3 Å². The van der Waals surface area contributed by atoms with Gasteiger partial charge in [0, 0.05) is 23.7 Å². The molecule has 2 heterocycles. The van der Waals surface area contributed by atoms with Gasteiger partial charge in [-0.2, -0.15) is 0 Å². The molecule has 6 heteroatoms. The van der Waals surface area contributed by atoms with E-state index in [0.717, 1.165) is 30.9 Å². The second kappa shape index (κ2) is 6.95. The van der Waals surface area contributed by atoms with E-state index >= 15 is 0 Å². The van der Waals surface area contributed by atoms with Crippen molar-refractivity contribution in [1.29, 1.82) is 0 Å². The number of piperidine rings is 1. The van der Waals surface area contributed by atoms with E-state index in [9.17, 15) is 14.7 Å². The maximum atomic E-state index is 12.9. The predicted octanol–water partition coefficient (Wildman–Crippen LogP) is 4.57. The van der Waals surface area contributed by atoms with Gasteiger partial charge in [-0.25, -0.2) is 4.79 Å². The third kappa shape index (κ3) is 3.47. The standard InChI is InChI=1S/C18H18ClNO3S/c1-11-6-8-20(9-7-11)17-14(10-15(24-17)18(22)23)16(21)12-2-4-13(19)5-3-12/h2-5,10-11H,6-9H2,1H3,(H,22,23). The molecule has 0 atom stereocenters. The number of carboxylic acid groups (broad SMARTS) is 1. The number of rotatable bonds is 4. The van der Waals surface area contributed by atoms with Crippen LogP contribution in [0.25, 0.3) is 0 Å². The first-order valence-electron chi connectivity index (χ1n) is 7.88. The van der Waals surface area contributed by atoms with Crippen LogP contribution in [0.1, 0.15) is 45.4 Å². The van der Waals surface area contributed by atoms with Gasteiger partial charge in [-0.15, -0.1) is 11.3 Å². The van der Waals surface area contributed by atoms with Gasteiger partial charge in [0.05, 0.1) is 5.56 Å². The zero-order chi connectivity index (χ0) is 17.3. The maximum absolute atomic E-state index is 12.9. The Balaban J connectivity index is 1.97. The smallest absolute Gasteiger partial charge is 0.345 e. The van der Waals surface area contributed by atoms with Crippen LogP contribution in [-0.2, 0) is 0 Å². The van der Waals surface area contributed by atoms with E-state index < -0.39 is 5.97 Å². The molecule has 0 unspecified atom stereocenters.